The van der Waals surface area contributed by atoms with Gasteiger partial charge in [-0.15, -0.1) is 4.28 Å². The monoisotopic (exact) mass is 287 g/mol. The number of nitrogens with one attached hydrogen (secondary N) is 1. The zero-order chi connectivity index (χ0) is 13.1. The van der Waals surface area contributed by atoms with Crippen molar-refractivity contribution in [1.29, 1.82) is 0 Å². The third kappa shape index (κ3) is 12.6. The van der Waals surface area contributed by atoms with E-state index in [0.29, 0.717) is 6.42 Å². The van der Waals surface area contributed by atoms with Crippen molar-refractivity contribution in [3.8, 4) is 0 Å². The van der Waals surface area contributed by atoms with Crippen LogP contribution in [0.2, 0.25) is 0 Å². The minimum atomic E-state index is -3.66. The van der Waals surface area contributed by atoms with Crippen LogP contribution in [-0.2, 0) is 19.2 Å². The maximum absolute atomic E-state index is 11.3. The summed E-state index contributed by atoms with van der Waals surface area (Å²) in [6.45, 7) is 5.30. The summed E-state index contributed by atoms with van der Waals surface area (Å²) in [6.07, 6.45) is 6.86. The molecule has 18 heavy (non-hydrogen) atoms. The third-order valence-corrected chi connectivity index (χ3v) is 3.33. The molecule has 1 amide bonds. The van der Waals surface area contributed by atoms with E-state index in [1.54, 1.807) is 5.48 Å². The van der Waals surface area contributed by atoms with Gasteiger partial charge in [-0.05, 0) is 12.5 Å². The van der Waals surface area contributed by atoms with Crippen molar-refractivity contribution in [2.45, 2.75) is 45.4 Å². The van der Waals surface area contributed by atoms with E-state index in [9.17, 15) is 13.2 Å². The summed E-state index contributed by atoms with van der Waals surface area (Å²) < 4.78 is 26.8. The number of hydrogen-bond acceptors (Lipinski definition) is 4. The van der Waals surface area contributed by atoms with E-state index in [4.69, 9.17) is 0 Å². The molecule has 5 nitrogen and oxygen atoms in total. The Bertz CT molecular complexity index is 330. The van der Waals surface area contributed by atoms with Gasteiger partial charge >= 0.3 is 29.6 Å². The molecule has 0 unspecified atom stereocenters. The first-order valence-corrected chi connectivity index (χ1v) is 7.43. The zero-order valence-electron chi connectivity index (χ0n) is 10.3. The molecule has 7 heteroatoms. The molecular weight excluding hydrogens is 265 g/mol. The quantitative estimate of drug-likeness (QED) is 0.284. The topological polar surface area (TPSA) is 72.5 Å². The molecule has 0 aromatic carbocycles. The third-order valence-electron chi connectivity index (χ3n) is 2.20. The van der Waals surface area contributed by atoms with Crippen LogP contribution in [-0.4, -0.2) is 49.6 Å². The molecule has 0 aliphatic heterocycles. The summed E-state index contributed by atoms with van der Waals surface area (Å²) in [7, 11) is -3.66. The molecule has 0 aliphatic rings. The average molecular weight is 287 g/mol. The molecule has 0 fully saturated rings. The Labute approximate surface area is 132 Å². The van der Waals surface area contributed by atoms with Crippen LogP contribution >= 0.6 is 0 Å². The van der Waals surface area contributed by atoms with E-state index in [1.807, 2.05) is 0 Å². The summed E-state index contributed by atoms with van der Waals surface area (Å²) in [5.74, 6) is -0.743. The standard InChI is InChI=1S/C11H21NO4S.Na.H/c1-3-5-6-7-8-9-10-17(14,15)16-12-11(13)4-2;;/h4H,2-3,5-10H2,1H3,(H,12,13);;. The van der Waals surface area contributed by atoms with E-state index < -0.39 is 16.0 Å². The summed E-state index contributed by atoms with van der Waals surface area (Å²) in [4.78, 5) is 10.7. The molecule has 0 saturated carbocycles. The molecule has 0 aliphatic carbocycles. The van der Waals surface area contributed by atoms with Crippen LogP contribution < -0.4 is 5.48 Å². The molecule has 0 aromatic heterocycles. The molecule has 0 bridgehead atoms. The Kier molecular flexibility index (Phi) is 13.8. The van der Waals surface area contributed by atoms with Crippen LogP contribution in [0.15, 0.2) is 12.7 Å². The Morgan fingerprint density at radius 3 is 2.33 bits per heavy atom. The van der Waals surface area contributed by atoms with E-state index in [2.05, 4.69) is 17.8 Å². The van der Waals surface area contributed by atoms with Crippen molar-refractivity contribution in [2.75, 3.05) is 5.75 Å². The van der Waals surface area contributed by atoms with Gasteiger partial charge in [0.2, 0.25) is 0 Å². The predicted octanol–water partition coefficient (Wildman–Crippen LogP) is 1.26. The van der Waals surface area contributed by atoms with Crippen molar-refractivity contribution >= 4 is 45.6 Å². The Hall–Kier alpha value is 0.120. The van der Waals surface area contributed by atoms with Crippen LogP contribution in [0.5, 0.6) is 0 Å². The zero-order valence-corrected chi connectivity index (χ0v) is 11.1. The van der Waals surface area contributed by atoms with Gasteiger partial charge < -0.3 is 0 Å². The maximum atomic E-state index is 11.3. The number of rotatable bonds is 10. The second-order valence-electron chi connectivity index (χ2n) is 3.78. The minimum absolute atomic E-state index is 0. The van der Waals surface area contributed by atoms with Gasteiger partial charge in [-0.25, -0.2) is 5.48 Å². The second-order valence-corrected chi connectivity index (χ2v) is 5.47. The summed E-state index contributed by atoms with van der Waals surface area (Å²) in [5.41, 5.74) is 1.79. The number of carbonyl (C=O) groups excluding carboxylic acids is 1. The van der Waals surface area contributed by atoms with Gasteiger partial charge in [-0.3, -0.25) is 4.79 Å². The first-order chi connectivity index (χ1) is 8.02. The molecule has 0 heterocycles. The molecule has 0 aromatic rings. The summed E-state index contributed by atoms with van der Waals surface area (Å²) in [6, 6.07) is 0. The van der Waals surface area contributed by atoms with Crippen molar-refractivity contribution < 1.29 is 17.5 Å². The molecular formula is C11H22NNaO4S. The van der Waals surface area contributed by atoms with Crippen LogP contribution in [0.4, 0.5) is 0 Å². The van der Waals surface area contributed by atoms with Gasteiger partial charge in [-0.1, -0.05) is 45.6 Å². The Balaban J connectivity index is 0. The van der Waals surface area contributed by atoms with Gasteiger partial charge in [0.25, 0.3) is 16.0 Å². The van der Waals surface area contributed by atoms with Crippen molar-refractivity contribution in [2.24, 2.45) is 0 Å². The van der Waals surface area contributed by atoms with E-state index >= 15 is 0 Å². The van der Waals surface area contributed by atoms with Gasteiger partial charge in [0, 0.05) is 0 Å². The molecule has 0 saturated heterocycles. The summed E-state index contributed by atoms with van der Waals surface area (Å²) >= 11 is 0. The molecule has 0 rings (SSSR count). The fourth-order valence-corrected chi connectivity index (χ4v) is 2.10. The van der Waals surface area contributed by atoms with Gasteiger partial charge in [-0.2, -0.15) is 8.42 Å². The Morgan fingerprint density at radius 2 is 1.78 bits per heavy atom. The van der Waals surface area contributed by atoms with E-state index in [0.717, 1.165) is 31.8 Å². The van der Waals surface area contributed by atoms with Gasteiger partial charge in [0.1, 0.15) is 0 Å². The number of amides is 1. The van der Waals surface area contributed by atoms with Crippen molar-refractivity contribution in [3.63, 3.8) is 0 Å². The SMILES string of the molecule is C=CC(=O)NOS(=O)(=O)CCCCCCCC.[NaH]. The first kappa shape index (κ1) is 20.4. The number of hydrogen-bond donors (Lipinski definition) is 1. The van der Waals surface area contributed by atoms with Crippen molar-refractivity contribution in [1.82, 2.24) is 5.48 Å². The number of carbonyl (C=O) groups is 1. The first-order valence-electron chi connectivity index (χ1n) is 5.85. The molecule has 102 valence electrons. The Morgan fingerprint density at radius 1 is 1.22 bits per heavy atom. The van der Waals surface area contributed by atoms with Crippen LogP contribution in [0.3, 0.4) is 0 Å². The van der Waals surface area contributed by atoms with Crippen LogP contribution in [0.1, 0.15) is 45.4 Å². The van der Waals surface area contributed by atoms with Crippen LogP contribution in [0, 0.1) is 0 Å². The molecule has 0 atom stereocenters. The normalized spacial score (nSPS) is 10.5. The average Bonchev–Trinajstić information content (AvgIpc) is 2.30. The fourth-order valence-electron chi connectivity index (χ4n) is 1.25. The summed E-state index contributed by atoms with van der Waals surface area (Å²) in [5, 5.41) is 0. The molecule has 0 spiro atoms. The van der Waals surface area contributed by atoms with Crippen LogP contribution in [0.25, 0.3) is 0 Å². The van der Waals surface area contributed by atoms with Gasteiger partial charge in [0.15, 0.2) is 0 Å². The second kappa shape index (κ2) is 12.2. The number of unbranched alkanes of at least 4 members (excludes halogenated alkanes) is 5. The van der Waals surface area contributed by atoms with E-state index in [-0.39, 0.29) is 35.3 Å². The van der Waals surface area contributed by atoms with E-state index in [1.165, 1.54) is 6.42 Å². The molecule has 0 radical (unpaired) electrons. The fraction of sp³-hybridized carbons (Fsp3) is 0.727. The van der Waals surface area contributed by atoms with Gasteiger partial charge in [0.05, 0.1) is 5.75 Å². The molecule has 1 N–H and O–H groups in total. The number of hydroxylamine groups is 1. The predicted molar refractivity (Wildman–Crippen MR) is 73.7 cm³/mol. The van der Waals surface area contributed by atoms with Crippen molar-refractivity contribution in [3.05, 3.63) is 12.7 Å².